The van der Waals surface area contributed by atoms with Gasteiger partial charge in [0.15, 0.2) is 11.5 Å². The van der Waals surface area contributed by atoms with Crippen molar-refractivity contribution in [2.24, 2.45) is 0 Å². The van der Waals surface area contributed by atoms with E-state index in [0.717, 1.165) is 25.7 Å². The summed E-state index contributed by atoms with van der Waals surface area (Å²) in [4.78, 5) is 25.0. The van der Waals surface area contributed by atoms with E-state index >= 15 is 0 Å². The van der Waals surface area contributed by atoms with Gasteiger partial charge in [0.25, 0.3) is 5.91 Å². The van der Waals surface area contributed by atoms with Crippen LogP contribution in [0, 0.1) is 0 Å². The Kier molecular flexibility index (Phi) is 4.67. The van der Waals surface area contributed by atoms with Crippen LogP contribution in [0.4, 0.5) is 0 Å². The average molecular weight is 293 g/mol. The summed E-state index contributed by atoms with van der Waals surface area (Å²) in [6.07, 6.45) is 3.56. The lowest BCUT2D eigenvalue weighted by molar-refractivity contribution is -0.138. The van der Waals surface area contributed by atoms with Crippen LogP contribution in [-0.4, -0.2) is 46.7 Å². The average Bonchev–Trinajstić information content (AvgIpc) is 2.98. The van der Waals surface area contributed by atoms with E-state index in [-0.39, 0.29) is 29.6 Å². The van der Waals surface area contributed by atoms with E-state index < -0.39 is 11.9 Å². The van der Waals surface area contributed by atoms with E-state index in [1.807, 2.05) is 0 Å². The number of ether oxygens (including phenoxy) is 1. The fourth-order valence-electron chi connectivity index (χ4n) is 2.74. The monoisotopic (exact) mass is 293 g/mol. The number of para-hydroxylation sites is 1. The van der Waals surface area contributed by atoms with Gasteiger partial charge in [-0.15, -0.1) is 0 Å². The van der Waals surface area contributed by atoms with Crippen LogP contribution < -0.4 is 4.74 Å². The maximum absolute atomic E-state index is 12.6. The molecule has 6 nitrogen and oxygen atoms in total. The van der Waals surface area contributed by atoms with Gasteiger partial charge in [0.05, 0.1) is 12.7 Å². The molecule has 0 heterocycles. The molecule has 0 saturated heterocycles. The molecule has 1 fully saturated rings. The van der Waals surface area contributed by atoms with Gasteiger partial charge in [0.2, 0.25) is 0 Å². The molecule has 0 unspecified atom stereocenters. The number of carbonyl (C=O) groups excluding carboxylic acids is 1. The minimum absolute atomic E-state index is 0.0718. The van der Waals surface area contributed by atoms with Gasteiger partial charge >= 0.3 is 5.97 Å². The second kappa shape index (κ2) is 6.47. The van der Waals surface area contributed by atoms with Crippen LogP contribution in [0.5, 0.6) is 11.5 Å². The molecule has 0 bridgehead atoms. The Morgan fingerprint density at radius 3 is 2.57 bits per heavy atom. The van der Waals surface area contributed by atoms with Crippen molar-refractivity contribution in [1.82, 2.24) is 4.90 Å². The number of hydrogen-bond donors (Lipinski definition) is 2. The van der Waals surface area contributed by atoms with Crippen molar-refractivity contribution in [2.45, 2.75) is 31.7 Å². The zero-order valence-electron chi connectivity index (χ0n) is 11.9. The van der Waals surface area contributed by atoms with Crippen molar-refractivity contribution >= 4 is 11.9 Å². The fraction of sp³-hybridized carbons (Fsp3) is 0.467. The highest BCUT2D eigenvalue weighted by Gasteiger charge is 2.30. The number of aliphatic carboxylic acids is 1. The van der Waals surface area contributed by atoms with Crippen molar-refractivity contribution in [3.8, 4) is 11.5 Å². The Morgan fingerprint density at radius 1 is 1.33 bits per heavy atom. The molecule has 2 N–H and O–H groups in total. The van der Waals surface area contributed by atoms with Crippen LogP contribution in [0.3, 0.4) is 0 Å². The highest BCUT2D eigenvalue weighted by atomic mass is 16.5. The summed E-state index contributed by atoms with van der Waals surface area (Å²) in [5.41, 5.74) is 0.0718. The largest absolute Gasteiger partial charge is 0.504 e. The molecule has 1 aliphatic rings. The summed E-state index contributed by atoms with van der Waals surface area (Å²) in [6.45, 7) is -0.361. The van der Waals surface area contributed by atoms with Gasteiger partial charge in [-0.3, -0.25) is 9.59 Å². The lowest BCUT2D eigenvalue weighted by atomic mass is 10.1. The van der Waals surface area contributed by atoms with E-state index in [2.05, 4.69) is 0 Å². The normalized spacial score (nSPS) is 14.9. The summed E-state index contributed by atoms with van der Waals surface area (Å²) in [5.74, 6) is -1.58. The predicted octanol–water partition coefficient (Wildman–Crippen LogP) is 1.87. The zero-order valence-corrected chi connectivity index (χ0v) is 11.9. The number of amides is 1. The summed E-state index contributed by atoms with van der Waals surface area (Å²) < 4.78 is 4.99. The molecule has 1 amide bonds. The zero-order chi connectivity index (χ0) is 15.4. The number of benzene rings is 1. The quantitative estimate of drug-likeness (QED) is 0.865. The first-order valence-corrected chi connectivity index (χ1v) is 6.93. The maximum Gasteiger partial charge on any atom is 0.323 e. The molecular weight excluding hydrogens is 274 g/mol. The lowest BCUT2D eigenvalue weighted by Gasteiger charge is -2.27. The molecule has 1 aromatic carbocycles. The van der Waals surface area contributed by atoms with Gasteiger partial charge in [0.1, 0.15) is 6.54 Å². The Hall–Kier alpha value is -2.24. The van der Waals surface area contributed by atoms with Crippen molar-refractivity contribution in [2.75, 3.05) is 13.7 Å². The first kappa shape index (κ1) is 15.2. The molecule has 0 aromatic heterocycles. The van der Waals surface area contributed by atoms with Crippen molar-refractivity contribution in [3.63, 3.8) is 0 Å². The van der Waals surface area contributed by atoms with E-state index in [1.165, 1.54) is 18.1 Å². The van der Waals surface area contributed by atoms with E-state index in [0.29, 0.717) is 0 Å². The first-order chi connectivity index (χ1) is 10.0. The minimum Gasteiger partial charge on any atom is -0.504 e. The minimum atomic E-state index is -1.06. The summed E-state index contributed by atoms with van der Waals surface area (Å²) >= 11 is 0. The van der Waals surface area contributed by atoms with Crippen LogP contribution in [0.25, 0.3) is 0 Å². The lowest BCUT2D eigenvalue weighted by Crippen LogP contribution is -2.42. The molecule has 6 heteroatoms. The van der Waals surface area contributed by atoms with Crippen LogP contribution in [-0.2, 0) is 4.79 Å². The second-order valence-corrected chi connectivity index (χ2v) is 5.12. The number of aromatic hydroxyl groups is 1. The summed E-state index contributed by atoms with van der Waals surface area (Å²) in [5, 5.41) is 19.1. The standard InChI is InChI=1S/C15H19NO5/c1-21-12-8-4-7-11(14(12)19)15(20)16(9-13(17)18)10-5-2-3-6-10/h4,7-8,10,19H,2-3,5-6,9H2,1H3,(H,17,18). The number of carboxylic acids is 1. The van der Waals surface area contributed by atoms with Crippen LogP contribution >= 0.6 is 0 Å². The Balaban J connectivity index is 2.31. The SMILES string of the molecule is COc1cccc(C(=O)N(CC(=O)O)C2CCCC2)c1O. The highest BCUT2D eigenvalue weighted by molar-refractivity contribution is 5.99. The number of methoxy groups -OCH3 is 1. The summed E-state index contributed by atoms with van der Waals surface area (Å²) in [6, 6.07) is 4.53. The number of nitrogens with zero attached hydrogens (tertiary/aromatic N) is 1. The molecule has 2 rings (SSSR count). The molecule has 0 aliphatic heterocycles. The molecular formula is C15H19NO5. The van der Waals surface area contributed by atoms with Crippen molar-refractivity contribution < 1.29 is 24.5 Å². The molecule has 1 aromatic rings. The fourth-order valence-corrected chi connectivity index (χ4v) is 2.74. The van der Waals surface area contributed by atoms with E-state index in [1.54, 1.807) is 12.1 Å². The Bertz CT molecular complexity index is 537. The van der Waals surface area contributed by atoms with Crippen molar-refractivity contribution in [1.29, 1.82) is 0 Å². The Morgan fingerprint density at radius 2 is 2.00 bits per heavy atom. The number of phenols is 1. The van der Waals surface area contributed by atoms with Gasteiger partial charge in [0, 0.05) is 6.04 Å². The number of carbonyl (C=O) groups is 2. The van der Waals surface area contributed by atoms with Gasteiger partial charge < -0.3 is 19.8 Å². The molecule has 21 heavy (non-hydrogen) atoms. The third kappa shape index (κ3) is 3.26. The molecule has 0 atom stereocenters. The molecule has 0 radical (unpaired) electrons. The second-order valence-electron chi connectivity index (χ2n) is 5.12. The first-order valence-electron chi connectivity index (χ1n) is 6.93. The van der Waals surface area contributed by atoms with Gasteiger partial charge in [-0.1, -0.05) is 18.9 Å². The van der Waals surface area contributed by atoms with Crippen molar-refractivity contribution in [3.05, 3.63) is 23.8 Å². The molecule has 0 spiro atoms. The number of phenolic OH excluding ortho intramolecular Hbond substituents is 1. The number of rotatable bonds is 5. The molecule has 1 aliphatic carbocycles. The third-order valence-electron chi connectivity index (χ3n) is 3.78. The molecule has 1 saturated carbocycles. The predicted molar refractivity (Wildman–Crippen MR) is 75.6 cm³/mol. The van der Waals surface area contributed by atoms with Gasteiger partial charge in [-0.05, 0) is 25.0 Å². The van der Waals surface area contributed by atoms with Crippen LogP contribution in [0.2, 0.25) is 0 Å². The Labute approximate surface area is 122 Å². The summed E-state index contributed by atoms with van der Waals surface area (Å²) in [7, 11) is 1.40. The van der Waals surface area contributed by atoms with E-state index in [9.17, 15) is 14.7 Å². The maximum atomic E-state index is 12.6. The van der Waals surface area contributed by atoms with Gasteiger partial charge in [-0.25, -0.2) is 0 Å². The third-order valence-corrected chi connectivity index (χ3v) is 3.78. The van der Waals surface area contributed by atoms with Gasteiger partial charge in [-0.2, -0.15) is 0 Å². The highest BCUT2D eigenvalue weighted by Crippen LogP contribution is 2.32. The number of carboxylic acid groups (broad SMARTS) is 1. The van der Waals surface area contributed by atoms with E-state index in [4.69, 9.17) is 9.84 Å². The van der Waals surface area contributed by atoms with Crippen LogP contribution in [0.15, 0.2) is 18.2 Å². The van der Waals surface area contributed by atoms with Crippen LogP contribution in [0.1, 0.15) is 36.0 Å². The number of hydrogen-bond acceptors (Lipinski definition) is 4. The topological polar surface area (TPSA) is 87.1 Å². The smallest absolute Gasteiger partial charge is 0.323 e. The molecule has 114 valence electrons.